The number of aromatic nitrogens is 2. The smallest absolute Gasteiger partial charge is 0.246 e. The van der Waals surface area contributed by atoms with E-state index < -0.39 is 0 Å². The number of hydrogen-bond acceptors (Lipinski definition) is 5. The number of fused-ring (bicyclic) bond motifs is 1. The van der Waals surface area contributed by atoms with Crippen LogP contribution in [0.15, 0.2) is 36.5 Å². The molecular weight excluding hydrogens is 473 g/mol. The summed E-state index contributed by atoms with van der Waals surface area (Å²) in [6, 6.07) is 7.84. The van der Waals surface area contributed by atoms with E-state index in [0.29, 0.717) is 31.9 Å². The molecule has 2 aliphatic heterocycles. The van der Waals surface area contributed by atoms with Gasteiger partial charge in [-0.1, -0.05) is 48.7 Å². The minimum Gasteiger partial charge on any atom is -0.330 e. The Bertz CT molecular complexity index is 1080. The van der Waals surface area contributed by atoms with E-state index in [1.165, 1.54) is 6.92 Å². The lowest BCUT2D eigenvalue weighted by atomic mass is 10.0. The van der Waals surface area contributed by atoms with Crippen molar-refractivity contribution in [2.24, 2.45) is 5.92 Å². The first-order chi connectivity index (χ1) is 16.3. The number of benzene rings is 1. The number of amides is 1. The van der Waals surface area contributed by atoms with Crippen molar-refractivity contribution in [3.8, 4) is 6.07 Å². The first-order valence-electron chi connectivity index (χ1n) is 11.4. The number of likely N-dealkylation sites (tertiary alicyclic amines) is 1. The summed E-state index contributed by atoms with van der Waals surface area (Å²) in [5.41, 5.74) is 1.67. The number of Topliss-reactive ketones (excluding diaryl/α,β-unsaturated/α-hetero) is 1. The van der Waals surface area contributed by atoms with Gasteiger partial charge in [0.2, 0.25) is 5.91 Å². The van der Waals surface area contributed by atoms with Crippen LogP contribution in [-0.2, 0) is 24.3 Å². The molecule has 0 saturated carbocycles. The summed E-state index contributed by atoms with van der Waals surface area (Å²) in [6.45, 7) is 7.50. The second kappa shape index (κ2) is 12.2. The largest absolute Gasteiger partial charge is 0.330 e. The van der Waals surface area contributed by atoms with Gasteiger partial charge in [-0.05, 0) is 24.1 Å². The number of nitrogens with zero attached hydrogens (tertiary/aromatic N) is 5. The Morgan fingerprint density at radius 3 is 2.56 bits per heavy atom. The standard InChI is InChI=1S/C16H19N5O2.C9H10Cl2/c1-12(22)14-8-18-15-11-20(5-6-21(14)15)16(23)3-2-4-19-9-13(7-17)10-19;1-2-4-7-8(10)5-3-6-9(7)11/h2-3,8,13H,4-6,9-11H2,1H3;3,5-6H,2,4H2,1H3/b3-2+;. The average molecular weight is 502 g/mol. The summed E-state index contributed by atoms with van der Waals surface area (Å²) in [5, 5.41) is 10.3. The molecule has 9 heteroatoms. The van der Waals surface area contributed by atoms with Gasteiger partial charge in [0.15, 0.2) is 5.78 Å². The Morgan fingerprint density at radius 1 is 1.24 bits per heavy atom. The fourth-order valence-electron chi connectivity index (χ4n) is 3.96. The highest BCUT2D eigenvalue weighted by Gasteiger charge is 2.26. The van der Waals surface area contributed by atoms with Gasteiger partial charge in [-0.3, -0.25) is 14.5 Å². The van der Waals surface area contributed by atoms with Gasteiger partial charge >= 0.3 is 0 Å². The normalized spacial score (nSPS) is 15.8. The van der Waals surface area contributed by atoms with Gasteiger partial charge in [-0.25, -0.2) is 4.98 Å². The maximum Gasteiger partial charge on any atom is 0.246 e. The van der Waals surface area contributed by atoms with E-state index in [9.17, 15) is 9.59 Å². The van der Waals surface area contributed by atoms with Crippen LogP contribution in [0, 0.1) is 17.2 Å². The van der Waals surface area contributed by atoms with E-state index >= 15 is 0 Å². The van der Waals surface area contributed by atoms with E-state index in [2.05, 4.69) is 22.9 Å². The van der Waals surface area contributed by atoms with Crippen LogP contribution in [0.4, 0.5) is 0 Å². The molecule has 1 aromatic carbocycles. The highest BCUT2D eigenvalue weighted by molar-refractivity contribution is 6.35. The van der Waals surface area contributed by atoms with Gasteiger partial charge in [0.05, 0.1) is 24.7 Å². The third-order valence-electron chi connectivity index (χ3n) is 5.86. The Kier molecular flexibility index (Phi) is 9.28. The quantitative estimate of drug-likeness (QED) is 0.433. The Hall–Kier alpha value is -2.66. The predicted octanol–water partition coefficient (Wildman–Crippen LogP) is 4.39. The number of carbonyl (C=O) groups excluding carboxylic acids is 2. The third-order valence-corrected chi connectivity index (χ3v) is 6.57. The van der Waals surface area contributed by atoms with Crippen LogP contribution in [0.2, 0.25) is 10.0 Å². The van der Waals surface area contributed by atoms with Crippen LogP contribution in [-0.4, -0.2) is 57.2 Å². The molecule has 34 heavy (non-hydrogen) atoms. The number of carbonyl (C=O) groups is 2. The monoisotopic (exact) mass is 501 g/mol. The van der Waals surface area contributed by atoms with Crippen LogP contribution in [0.3, 0.4) is 0 Å². The van der Waals surface area contributed by atoms with Crippen LogP contribution in [0.25, 0.3) is 0 Å². The summed E-state index contributed by atoms with van der Waals surface area (Å²) in [7, 11) is 0. The van der Waals surface area contributed by atoms with E-state index in [4.69, 9.17) is 28.5 Å². The lowest BCUT2D eigenvalue weighted by Crippen LogP contribution is -2.45. The molecule has 2 aliphatic rings. The van der Waals surface area contributed by atoms with Crippen LogP contribution in [0.1, 0.15) is 42.1 Å². The summed E-state index contributed by atoms with van der Waals surface area (Å²) >= 11 is 11.8. The molecule has 180 valence electrons. The zero-order chi connectivity index (χ0) is 24.7. The summed E-state index contributed by atoms with van der Waals surface area (Å²) < 4.78 is 1.89. The summed E-state index contributed by atoms with van der Waals surface area (Å²) in [5.74, 6) is 0.841. The molecular formula is C25H29Cl2N5O2. The van der Waals surface area contributed by atoms with Crippen LogP contribution < -0.4 is 0 Å². The zero-order valence-corrected chi connectivity index (χ0v) is 21.0. The van der Waals surface area contributed by atoms with E-state index in [0.717, 1.165) is 47.4 Å². The molecule has 0 radical (unpaired) electrons. The summed E-state index contributed by atoms with van der Waals surface area (Å²) in [4.78, 5) is 31.8. The first-order valence-corrected chi connectivity index (χ1v) is 12.1. The molecule has 4 rings (SSSR count). The molecule has 1 amide bonds. The van der Waals surface area contributed by atoms with Gasteiger partial charge < -0.3 is 9.47 Å². The Balaban J connectivity index is 0.000000248. The molecule has 3 heterocycles. The van der Waals surface area contributed by atoms with Gasteiger partial charge in [-0.2, -0.15) is 5.26 Å². The van der Waals surface area contributed by atoms with E-state index in [1.54, 1.807) is 17.2 Å². The fraction of sp³-hybridized carbons (Fsp3) is 0.440. The highest BCUT2D eigenvalue weighted by Crippen LogP contribution is 2.25. The van der Waals surface area contributed by atoms with Crippen molar-refractivity contribution < 1.29 is 9.59 Å². The molecule has 0 N–H and O–H groups in total. The van der Waals surface area contributed by atoms with Gasteiger partial charge in [0, 0.05) is 55.8 Å². The minimum absolute atomic E-state index is 0.00589. The molecule has 1 saturated heterocycles. The lowest BCUT2D eigenvalue weighted by Gasteiger charge is -2.34. The molecule has 7 nitrogen and oxygen atoms in total. The van der Waals surface area contributed by atoms with Gasteiger partial charge in [0.25, 0.3) is 0 Å². The SMILES string of the molecule is CC(=O)c1cnc2n1CCN(C(=O)/C=C/CN1CC(C#N)C1)C2.CCCc1c(Cl)cccc1Cl. The highest BCUT2D eigenvalue weighted by atomic mass is 35.5. The maximum absolute atomic E-state index is 12.2. The van der Waals surface area contributed by atoms with Crippen molar-refractivity contribution in [1.29, 1.82) is 5.26 Å². The predicted molar refractivity (Wildman–Crippen MR) is 133 cm³/mol. The van der Waals surface area contributed by atoms with Crippen molar-refractivity contribution in [2.75, 3.05) is 26.2 Å². The number of halogens is 2. The molecule has 1 aromatic heterocycles. The minimum atomic E-state index is -0.0408. The molecule has 0 atom stereocenters. The first kappa shape index (κ1) is 26.0. The van der Waals surface area contributed by atoms with E-state index in [1.807, 2.05) is 28.8 Å². The number of rotatable bonds is 6. The molecule has 2 aromatic rings. The molecule has 0 spiro atoms. The van der Waals surface area contributed by atoms with Crippen molar-refractivity contribution in [1.82, 2.24) is 19.4 Å². The molecule has 0 bridgehead atoms. The summed E-state index contributed by atoms with van der Waals surface area (Å²) in [6.07, 6.45) is 7.04. The van der Waals surface area contributed by atoms with Crippen LogP contribution >= 0.6 is 23.2 Å². The number of imidazole rings is 1. The Labute approximate surface area is 210 Å². The fourth-order valence-corrected chi connectivity index (χ4v) is 4.55. The second-order valence-electron chi connectivity index (χ2n) is 8.42. The average Bonchev–Trinajstić information content (AvgIpc) is 3.22. The van der Waals surface area contributed by atoms with Crippen molar-refractivity contribution in [3.63, 3.8) is 0 Å². The molecule has 0 unspecified atom stereocenters. The lowest BCUT2D eigenvalue weighted by molar-refractivity contribution is -0.127. The number of ketones is 1. The van der Waals surface area contributed by atoms with Crippen molar-refractivity contribution in [2.45, 2.75) is 39.8 Å². The van der Waals surface area contributed by atoms with Crippen LogP contribution in [0.5, 0.6) is 0 Å². The molecule has 0 aliphatic carbocycles. The Morgan fingerprint density at radius 2 is 1.94 bits per heavy atom. The van der Waals surface area contributed by atoms with Crippen molar-refractivity contribution >= 4 is 34.9 Å². The zero-order valence-electron chi connectivity index (χ0n) is 19.5. The second-order valence-corrected chi connectivity index (χ2v) is 9.24. The molecule has 1 fully saturated rings. The maximum atomic E-state index is 12.2. The third kappa shape index (κ3) is 6.47. The van der Waals surface area contributed by atoms with Crippen molar-refractivity contribution in [3.05, 3.63) is 63.7 Å². The number of hydrogen-bond donors (Lipinski definition) is 0. The van der Waals surface area contributed by atoms with Gasteiger partial charge in [-0.15, -0.1) is 0 Å². The topological polar surface area (TPSA) is 82.2 Å². The van der Waals surface area contributed by atoms with Gasteiger partial charge in [0.1, 0.15) is 11.5 Å². The number of nitriles is 1. The van der Waals surface area contributed by atoms with E-state index in [-0.39, 0.29) is 17.6 Å².